The molecule has 1 saturated heterocycles. The molecule has 2 aromatic rings. The second-order valence-electron chi connectivity index (χ2n) is 7.46. The van der Waals surface area contributed by atoms with Crippen molar-refractivity contribution in [3.63, 3.8) is 0 Å². The van der Waals surface area contributed by atoms with Crippen molar-refractivity contribution in [3.05, 3.63) is 53.1 Å². The maximum atomic E-state index is 12.6. The first-order valence-electron chi connectivity index (χ1n) is 9.54. The Morgan fingerprint density at radius 1 is 1.31 bits per heavy atom. The summed E-state index contributed by atoms with van der Waals surface area (Å²) in [4.78, 5) is 20.6. The van der Waals surface area contributed by atoms with E-state index >= 15 is 0 Å². The minimum atomic E-state index is -0.0891. The number of nitrogens with zero attached hydrogens (tertiary/aromatic N) is 1. The van der Waals surface area contributed by atoms with Crippen LogP contribution in [-0.4, -0.2) is 28.0 Å². The summed E-state index contributed by atoms with van der Waals surface area (Å²) in [7, 11) is 0. The normalized spacial score (nSPS) is 23.2. The van der Waals surface area contributed by atoms with Crippen LogP contribution in [0.4, 0.5) is 0 Å². The molecule has 26 heavy (non-hydrogen) atoms. The van der Waals surface area contributed by atoms with Gasteiger partial charge in [0.1, 0.15) is 11.9 Å². The lowest BCUT2D eigenvalue weighted by molar-refractivity contribution is -0.0841. The average molecular weight is 355 g/mol. The number of benzene rings is 1. The van der Waals surface area contributed by atoms with E-state index in [9.17, 15) is 4.79 Å². The molecule has 0 spiro atoms. The number of aromatic nitrogens is 2. The third-order valence-electron chi connectivity index (χ3n) is 5.08. The van der Waals surface area contributed by atoms with Crippen LogP contribution >= 0.6 is 0 Å². The summed E-state index contributed by atoms with van der Waals surface area (Å²) in [5.74, 6) is 1.35. The molecule has 1 aromatic heterocycles. The number of rotatable bonds is 5. The zero-order valence-corrected chi connectivity index (χ0v) is 16.1. The van der Waals surface area contributed by atoms with E-state index in [1.54, 1.807) is 0 Å². The van der Waals surface area contributed by atoms with Gasteiger partial charge < -0.3 is 15.0 Å². The van der Waals surface area contributed by atoms with E-state index in [0.717, 1.165) is 36.5 Å². The molecule has 3 rings (SSSR count). The van der Waals surface area contributed by atoms with Crippen LogP contribution in [0.25, 0.3) is 0 Å². The quantitative estimate of drug-likeness (QED) is 0.853. The molecule has 2 N–H and O–H groups in total. The standard InChI is InChI=1S/C21H29N3O2/c1-5-19-22-14(4)20(24-19)18-12-16(11-17(26-18)13(2)3)23-21(25)15-9-7-6-8-10-15/h6-10,13,16-18H,5,11-12H2,1-4H3,(H,22,24)(H,23,25)/t16-,17-,18+/m1/s1. The number of ether oxygens (including phenoxy) is 1. The fourth-order valence-electron chi connectivity index (χ4n) is 3.56. The molecule has 0 unspecified atom stereocenters. The van der Waals surface area contributed by atoms with Gasteiger partial charge in [0.15, 0.2) is 0 Å². The van der Waals surface area contributed by atoms with Gasteiger partial charge >= 0.3 is 0 Å². The zero-order valence-electron chi connectivity index (χ0n) is 16.1. The van der Waals surface area contributed by atoms with Crippen molar-refractivity contribution in [2.45, 2.75) is 65.2 Å². The molecule has 5 nitrogen and oxygen atoms in total. The number of amides is 1. The molecule has 0 radical (unpaired) electrons. The topological polar surface area (TPSA) is 67.0 Å². The predicted octanol–water partition coefficient (Wildman–Crippen LogP) is 3.96. The number of carbonyl (C=O) groups excluding carboxylic acids is 1. The number of nitrogens with one attached hydrogen (secondary N) is 2. The first-order valence-corrected chi connectivity index (χ1v) is 9.54. The van der Waals surface area contributed by atoms with Gasteiger partial charge in [0, 0.05) is 23.7 Å². The first-order chi connectivity index (χ1) is 12.5. The van der Waals surface area contributed by atoms with Crippen LogP contribution in [0.5, 0.6) is 0 Å². The third kappa shape index (κ3) is 4.15. The number of aryl methyl sites for hydroxylation is 2. The van der Waals surface area contributed by atoms with Crippen LogP contribution in [0.2, 0.25) is 0 Å². The molecule has 5 heteroatoms. The Kier molecular flexibility index (Phi) is 5.77. The molecule has 140 valence electrons. The second-order valence-corrected chi connectivity index (χ2v) is 7.46. The molecular weight excluding hydrogens is 326 g/mol. The molecule has 2 heterocycles. The second kappa shape index (κ2) is 8.04. The number of hydrogen-bond acceptors (Lipinski definition) is 3. The smallest absolute Gasteiger partial charge is 0.251 e. The minimum Gasteiger partial charge on any atom is -0.368 e. The van der Waals surface area contributed by atoms with E-state index in [-0.39, 0.29) is 24.2 Å². The van der Waals surface area contributed by atoms with E-state index in [4.69, 9.17) is 9.72 Å². The Bertz CT molecular complexity index is 739. The fourth-order valence-corrected chi connectivity index (χ4v) is 3.56. The summed E-state index contributed by atoms with van der Waals surface area (Å²) < 4.78 is 6.36. The minimum absolute atomic E-state index is 0.0215. The van der Waals surface area contributed by atoms with Gasteiger partial charge in [-0.3, -0.25) is 4.79 Å². The maximum Gasteiger partial charge on any atom is 0.251 e. The number of H-pyrrole nitrogens is 1. The molecule has 1 aliphatic heterocycles. The highest BCUT2D eigenvalue weighted by Gasteiger charge is 2.34. The zero-order chi connectivity index (χ0) is 18.7. The Hall–Kier alpha value is -2.14. The summed E-state index contributed by atoms with van der Waals surface area (Å²) in [6, 6.07) is 9.46. The number of imidazole rings is 1. The van der Waals surface area contributed by atoms with Crippen LogP contribution in [0.15, 0.2) is 30.3 Å². The van der Waals surface area contributed by atoms with Crippen molar-refractivity contribution in [1.29, 1.82) is 0 Å². The molecule has 1 amide bonds. The highest BCUT2D eigenvalue weighted by Crippen LogP contribution is 2.34. The highest BCUT2D eigenvalue weighted by atomic mass is 16.5. The van der Waals surface area contributed by atoms with E-state index in [1.807, 2.05) is 37.3 Å². The lowest BCUT2D eigenvalue weighted by Crippen LogP contribution is -2.44. The Balaban J connectivity index is 1.77. The van der Waals surface area contributed by atoms with Crippen molar-refractivity contribution in [3.8, 4) is 0 Å². The average Bonchev–Trinajstić information content (AvgIpc) is 3.03. The van der Waals surface area contributed by atoms with E-state index in [2.05, 4.69) is 31.1 Å². The third-order valence-corrected chi connectivity index (χ3v) is 5.08. The van der Waals surface area contributed by atoms with Crippen LogP contribution in [0, 0.1) is 12.8 Å². The molecule has 0 bridgehead atoms. The monoisotopic (exact) mass is 355 g/mol. The van der Waals surface area contributed by atoms with Crippen molar-refractivity contribution >= 4 is 5.91 Å². The van der Waals surface area contributed by atoms with Gasteiger partial charge in [0.25, 0.3) is 5.91 Å². The number of hydrogen-bond donors (Lipinski definition) is 2. The van der Waals surface area contributed by atoms with E-state index in [1.165, 1.54) is 0 Å². The Labute approximate surface area is 155 Å². The van der Waals surface area contributed by atoms with Crippen LogP contribution in [0.3, 0.4) is 0 Å². The predicted molar refractivity (Wildman–Crippen MR) is 102 cm³/mol. The number of carbonyl (C=O) groups is 1. The van der Waals surface area contributed by atoms with E-state index in [0.29, 0.717) is 11.5 Å². The van der Waals surface area contributed by atoms with Gasteiger partial charge in [0.2, 0.25) is 0 Å². The van der Waals surface area contributed by atoms with Crippen LogP contribution < -0.4 is 5.32 Å². The molecule has 0 saturated carbocycles. The largest absolute Gasteiger partial charge is 0.368 e. The molecule has 0 aliphatic carbocycles. The summed E-state index contributed by atoms with van der Waals surface area (Å²) in [6.45, 7) is 8.46. The van der Waals surface area contributed by atoms with E-state index < -0.39 is 0 Å². The summed E-state index contributed by atoms with van der Waals surface area (Å²) in [5.41, 5.74) is 2.73. The van der Waals surface area contributed by atoms with Gasteiger partial charge in [-0.1, -0.05) is 39.0 Å². The lowest BCUT2D eigenvalue weighted by Gasteiger charge is -2.37. The van der Waals surface area contributed by atoms with Gasteiger partial charge in [-0.05, 0) is 37.8 Å². The van der Waals surface area contributed by atoms with Crippen LogP contribution in [-0.2, 0) is 11.2 Å². The first kappa shape index (κ1) is 18.6. The van der Waals surface area contributed by atoms with Gasteiger partial charge in [-0.2, -0.15) is 0 Å². The lowest BCUT2D eigenvalue weighted by atomic mass is 9.90. The van der Waals surface area contributed by atoms with Crippen molar-refractivity contribution in [2.24, 2.45) is 5.92 Å². The molecule has 1 aliphatic rings. The molecular formula is C21H29N3O2. The Morgan fingerprint density at radius 2 is 2.04 bits per heavy atom. The number of aromatic amines is 1. The fraction of sp³-hybridized carbons (Fsp3) is 0.524. The van der Waals surface area contributed by atoms with Gasteiger partial charge in [0.05, 0.1) is 11.8 Å². The summed E-state index contributed by atoms with van der Waals surface area (Å²) in [6.07, 6.45) is 2.47. The highest BCUT2D eigenvalue weighted by molar-refractivity contribution is 5.94. The molecule has 3 atom stereocenters. The summed E-state index contributed by atoms with van der Waals surface area (Å²) in [5, 5.41) is 3.20. The molecule has 1 aromatic carbocycles. The van der Waals surface area contributed by atoms with Crippen LogP contribution in [0.1, 0.15) is 67.3 Å². The van der Waals surface area contributed by atoms with Crippen molar-refractivity contribution in [2.75, 3.05) is 0 Å². The summed E-state index contributed by atoms with van der Waals surface area (Å²) >= 11 is 0. The molecule has 1 fully saturated rings. The van der Waals surface area contributed by atoms with Gasteiger partial charge in [-0.15, -0.1) is 0 Å². The van der Waals surface area contributed by atoms with Crippen molar-refractivity contribution in [1.82, 2.24) is 15.3 Å². The Morgan fingerprint density at radius 3 is 2.65 bits per heavy atom. The van der Waals surface area contributed by atoms with Gasteiger partial charge in [-0.25, -0.2) is 4.98 Å². The van der Waals surface area contributed by atoms with Crippen molar-refractivity contribution < 1.29 is 9.53 Å². The maximum absolute atomic E-state index is 12.6. The SMILES string of the molecule is CCc1nc([C@@H]2C[C@H](NC(=O)c3ccccc3)C[C@H](C(C)C)O2)c(C)[nH]1.